The zero-order valence-electron chi connectivity index (χ0n) is 14.8. The fraction of sp³-hybridized carbons (Fsp3) is 0.389. The monoisotopic (exact) mass is 418 g/mol. The molecule has 1 fully saturated rings. The van der Waals surface area contributed by atoms with Gasteiger partial charge in [-0.05, 0) is 29.1 Å². The molecule has 1 aliphatic heterocycles. The van der Waals surface area contributed by atoms with Gasteiger partial charge in [-0.25, -0.2) is 0 Å². The van der Waals surface area contributed by atoms with Gasteiger partial charge in [0.2, 0.25) is 0 Å². The second-order valence-electron chi connectivity index (χ2n) is 5.71. The van der Waals surface area contributed by atoms with Gasteiger partial charge in [-0.1, -0.05) is 12.1 Å². The standard InChI is InChI=1S/C18H22N2O3S.2ClH/c1-13(21)23-15-6-5-14(12-16(15)22-2)18(17-4-3-11-24-17)20-9-7-19-8-10-20;;/h3-6,11-12,18-19H,7-10H2,1-2H3;2*1H/t18-;;/m1../s1. The average molecular weight is 419 g/mol. The highest BCUT2D eigenvalue weighted by Gasteiger charge is 2.25. The van der Waals surface area contributed by atoms with Crippen LogP contribution in [0.2, 0.25) is 0 Å². The lowest BCUT2D eigenvalue weighted by molar-refractivity contribution is -0.132. The Labute approximate surface area is 170 Å². The summed E-state index contributed by atoms with van der Waals surface area (Å²) in [7, 11) is 1.59. The number of ether oxygens (including phenoxy) is 2. The van der Waals surface area contributed by atoms with Gasteiger partial charge < -0.3 is 14.8 Å². The molecule has 2 aromatic rings. The first kappa shape index (κ1) is 22.7. The lowest BCUT2D eigenvalue weighted by Crippen LogP contribution is -2.45. The largest absolute Gasteiger partial charge is 0.493 e. The van der Waals surface area contributed by atoms with Crippen molar-refractivity contribution in [1.82, 2.24) is 10.2 Å². The van der Waals surface area contributed by atoms with Crippen molar-refractivity contribution in [3.05, 3.63) is 46.2 Å². The lowest BCUT2D eigenvalue weighted by Gasteiger charge is -2.35. The molecule has 5 nitrogen and oxygen atoms in total. The molecule has 1 atom stereocenters. The highest BCUT2D eigenvalue weighted by atomic mass is 35.5. The number of methoxy groups -OCH3 is 1. The number of carbonyl (C=O) groups is 1. The summed E-state index contributed by atoms with van der Waals surface area (Å²) >= 11 is 1.76. The van der Waals surface area contributed by atoms with Crippen LogP contribution in [-0.4, -0.2) is 44.2 Å². The number of halogens is 2. The summed E-state index contributed by atoms with van der Waals surface area (Å²) in [5.74, 6) is 0.691. The molecule has 1 saturated heterocycles. The van der Waals surface area contributed by atoms with Gasteiger partial charge in [-0.2, -0.15) is 0 Å². The third-order valence-electron chi connectivity index (χ3n) is 4.09. The number of esters is 1. The van der Waals surface area contributed by atoms with E-state index in [2.05, 4.69) is 27.7 Å². The zero-order chi connectivity index (χ0) is 16.9. The molecule has 8 heteroatoms. The van der Waals surface area contributed by atoms with Gasteiger partial charge in [-0.3, -0.25) is 9.69 Å². The first-order valence-electron chi connectivity index (χ1n) is 8.03. The van der Waals surface area contributed by atoms with E-state index in [1.54, 1.807) is 18.4 Å². The van der Waals surface area contributed by atoms with Crippen LogP contribution in [-0.2, 0) is 4.79 Å². The molecule has 2 heterocycles. The van der Waals surface area contributed by atoms with Crippen molar-refractivity contribution < 1.29 is 14.3 Å². The van der Waals surface area contributed by atoms with Crippen molar-refractivity contribution in [1.29, 1.82) is 0 Å². The minimum atomic E-state index is -0.349. The number of rotatable bonds is 5. The lowest BCUT2D eigenvalue weighted by atomic mass is 10.0. The minimum Gasteiger partial charge on any atom is -0.493 e. The van der Waals surface area contributed by atoms with Gasteiger partial charge in [-0.15, -0.1) is 36.2 Å². The maximum atomic E-state index is 11.2. The fourth-order valence-electron chi connectivity index (χ4n) is 3.04. The van der Waals surface area contributed by atoms with Crippen LogP contribution < -0.4 is 14.8 Å². The van der Waals surface area contributed by atoms with E-state index in [4.69, 9.17) is 9.47 Å². The summed E-state index contributed by atoms with van der Waals surface area (Å²) in [5.41, 5.74) is 1.15. The highest BCUT2D eigenvalue weighted by molar-refractivity contribution is 7.10. The Morgan fingerprint density at radius 3 is 2.50 bits per heavy atom. The van der Waals surface area contributed by atoms with Crippen LogP contribution in [0.4, 0.5) is 0 Å². The van der Waals surface area contributed by atoms with Gasteiger partial charge >= 0.3 is 5.97 Å². The molecule has 1 aliphatic rings. The number of hydrogen-bond acceptors (Lipinski definition) is 6. The third kappa shape index (κ3) is 5.34. The van der Waals surface area contributed by atoms with Gasteiger partial charge in [0, 0.05) is 38.0 Å². The Morgan fingerprint density at radius 2 is 1.92 bits per heavy atom. The highest BCUT2D eigenvalue weighted by Crippen LogP contribution is 2.37. The van der Waals surface area contributed by atoms with E-state index in [1.165, 1.54) is 11.8 Å². The van der Waals surface area contributed by atoms with Gasteiger partial charge in [0.25, 0.3) is 0 Å². The van der Waals surface area contributed by atoms with Crippen LogP contribution in [0.5, 0.6) is 11.5 Å². The molecule has 3 rings (SSSR count). The fourth-order valence-corrected chi connectivity index (χ4v) is 3.92. The van der Waals surface area contributed by atoms with Crippen LogP contribution in [0.15, 0.2) is 35.7 Å². The summed E-state index contributed by atoms with van der Waals surface area (Å²) in [4.78, 5) is 15.0. The molecule has 144 valence electrons. The van der Waals surface area contributed by atoms with Gasteiger partial charge in [0.05, 0.1) is 13.2 Å². The van der Waals surface area contributed by atoms with Gasteiger partial charge in [0.15, 0.2) is 11.5 Å². The van der Waals surface area contributed by atoms with Crippen LogP contribution in [0.1, 0.15) is 23.4 Å². The molecule has 1 aromatic carbocycles. The van der Waals surface area contributed by atoms with E-state index in [1.807, 2.05) is 18.2 Å². The normalized spacial score (nSPS) is 15.3. The number of nitrogens with zero attached hydrogens (tertiary/aromatic N) is 1. The Hall–Kier alpha value is -1.31. The van der Waals surface area contributed by atoms with Crippen molar-refractivity contribution in [2.75, 3.05) is 33.3 Å². The molecule has 0 saturated carbocycles. The van der Waals surface area contributed by atoms with Crippen molar-refractivity contribution in [2.24, 2.45) is 0 Å². The Balaban J connectivity index is 0.00000169. The minimum absolute atomic E-state index is 0. The van der Waals surface area contributed by atoms with Crippen LogP contribution in [0.3, 0.4) is 0 Å². The summed E-state index contributed by atoms with van der Waals surface area (Å²) in [6.07, 6.45) is 0. The summed E-state index contributed by atoms with van der Waals surface area (Å²) < 4.78 is 10.7. The van der Waals surface area contributed by atoms with E-state index < -0.39 is 0 Å². The topological polar surface area (TPSA) is 50.8 Å². The molecular formula is C18H24Cl2N2O3S. The van der Waals surface area contributed by atoms with E-state index in [9.17, 15) is 4.79 Å². The molecule has 0 unspecified atom stereocenters. The number of hydrogen-bond donors (Lipinski definition) is 1. The van der Waals surface area contributed by atoms with E-state index in [0.717, 1.165) is 31.7 Å². The molecule has 0 amide bonds. The first-order valence-corrected chi connectivity index (χ1v) is 8.91. The Kier molecular flexibility index (Phi) is 9.39. The summed E-state index contributed by atoms with van der Waals surface area (Å²) in [5, 5.41) is 5.51. The maximum Gasteiger partial charge on any atom is 0.308 e. The quantitative estimate of drug-likeness (QED) is 0.594. The number of carbonyl (C=O) groups excluding carboxylic acids is 1. The van der Waals surface area contributed by atoms with E-state index >= 15 is 0 Å². The SMILES string of the molecule is COc1cc([C@H](c2cccs2)N2CCNCC2)ccc1OC(C)=O.Cl.Cl. The second-order valence-corrected chi connectivity index (χ2v) is 6.69. The molecule has 1 aromatic heterocycles. The number of thiophene rings is 1. The van der Waals surface area contributed by atoms with Crippen molar-refractivity contribution in [3.8, 4) is 11.5 Å². The first-order chi connectivity index (χ1) is 11.7. The van der Waals surface area contributed by atoms with Crippen LogP contribution in [0, 0.1) is 0 Å². The molecule has 0 radical (unpaired) electrons. The molecule has 0 aliphatic carbocycles. The van der Waals surface area contributed by atoms with Gasteiger partial charge in [0.1, 0.15) is 0 Å². The maximum absolute atomic E-state index is 11.2. The zero-order valence-corrected chi connectivity index (χ0v) is 17.2. The van der Waals surface area contributed by atoms with Crippen LogP contribution >= 0.6 is 36.2 Å². The summed E-state index contributed by atoms with van der Waals surface area (Å²) in [6.45, 7) is 5.37. The van der Waals surface area contributed by atoms with E-state index in [-0.39, 0.29) is 36.8 Å². The molecule has 0 spiro atoms. The number of piperazine rings is 1. The Bertz CT molecular complexity index is 692. The predicted octanol–water partition coefficient (Wildman–Crippen LogP) is 3.52. The van der Waals surface area contributed by atoms with Crippen LogP contribution in [0.25, 0.3) is 0 Å². The molecule has 1 N–H and O–H groups in total. The number of benzene rings is 1. The average Bonchev–Trinajstić information content (AvgIpc) is 3.11. The van der Waals surface area contributed by atoms with E-state index in [0.29, 0.717) is 11.5 Å². The predicted molar refractivity (Wildman–Crippen MR) is 109 cm³/mol. The summed E-state index contributed by atoms with van der Waals surface area (Å²) in [6, 6.07) is 10.3. The second kappa shape index (κ2) is 10.7. The van der Waals surface area contributed by atoms with Crippen molar-refractivity contribution >= 4 is 42.1 Å². The molecular weight excluding hydrogens is 395 g/mol. The van der Waals surface area contributed by atoms with Crippen molar-refractivity contribution in [3.63, 3.8) is 0 Å². The van der Waals surface area contributed by atoms with Crippen molar-refractivity contribution in [2.45, 2.75) is 13.0 Å². The Morgan fingerprint density at radius 1 is 1.19 bits per heavy atom. The molecule has 26 heavy (non-hydrogen) atoms. The third-order valence-corrected chi connectivity index (χ3v) is 5.01. The number of nitrogens with one attached hydrogen (secondary N) is 1. The molecule has 0 bridgehead atoms. The smallest absolute Gasteiger partial charge is 0.308 e.